The molecule has 0 saturated heterocycles. The van der Waals surface area contributed by atoms with Crippen molar-refractivity contribution in [3.05, 3.63) is 42.2 Å². The predicted octanol–water partition coefficient (Wildman–Crippen LogP) is 4.09. The highest BCUT2D eigenvalue weighted by atomic mass is 16.5. The number of aromatic nitrogens is 1. The van der Waals surface area contributed by atoms with Gasteiger partial charge in [-0.2, -0.15) is 0 Å². The predicted molar refractivity (Wildman–Crippen MR) is 88.5 cm³/mol. The summed E-state index contributed by atoms with van der Waals surface area (Å²) in [7, 11) is 0. The SMILES string of the molecule is CCCNC(c1cccc2cnccc12)C(CC)OCC. The lowest BCUT2D eigenvalue weighted by molar-refractivity contribution is 0.0318. The van der Waals surface area contributed by atoms with Crippen molar-refractivity contribution in [3.8, 4) is 0 Å². The molecule has 21 heavy (non-hydrogen) atoms. The molecular weight excluding hydrogens is 260 g/mol. The molecule has 0 radical (unpaired) electrons. The van der Waals surface area contributed by atoms with Crippen LogP contribution in [0.25, 0.3) is 10.8 Å². The van der Waals surface area contributed by atoms with Gasteiger partial charge < -0.3 is 10.1 Å². The van der Waals surface area contributed by atoms with E-state index in [2.05, 4.69) is 55.3 Å². The molecule has 3 heteroatoms. The highest BCUT2D eigenvalue weighted by Crippen LogP contribution is 2.28. The third-order valence-electron chi connectivity index (χ3n) is 3.82. The standard InChI is InChI=1S/C18H26N2O/c1-4-11-20-18(17(5-2)21-6-3)16-9-7-8-14-13-19-12-10-15(14)16/h7-10,12-13,17-18,20H,4-6,11H2,1-3H3. The average molecular weight is 286 g/mol. The molecule has 0 bridgehead atoms. The summed E-state index contributed by atoms with van der Waals surface area (Å²) >= 11 is 0. The molecule has 114 valence electrons. The van der Waals surface area contributed by atoms with Gasteiger partial charge in [-0.05, 0) is 43.3 Å². The molecule has 1 aromatic heterocycles. The molecule has 0 fully saturated rings. The maximum absolute atomic E-state index is 5.98. The Morgan fingerprint density at radius 3 is 2.76 bits per heavy atom. The van der Waals surface area contributed by atoms with Crippen LogP contribution in [0.5, 0.6) is 0 Å². The largest absolute Gasteiger partial charge is 0.377 e. The van der Waals surface area contributed by atoms with Gasteiger partial charge in [0.25, 0.3) is 0 Å². The van der Waals surface area contributed by atoms with E-state index in [9.17, 15) is 0 Å². The fraction of sp³-hybridized carbons (Fsp3) is 0.500. The molecule has 2 rings (SSSR count). The molecule has 1 heterocycles. The van der Waals surface area contributed by atoms with Gasteiger partial charge in [0.2, 0.25) is 0 Å². The van der Waals surface area contributed by atoms with Crippen molar-refractivity contribution in [2.24, 2.45) is 0 Å². The molecule has 0 saturated carbocycles. The minimum absolute atomic E-state index is 0.195. The molecule has 0 aliphatic heterocycles. The number of pyridine rings is 1. The van der Waals surface area contributed by atoms with Crippen molar-refractivity contribution in [2.45, 2.75) is 45.8 Å². The molecule has 1 aromatic carbocycles. The first kappa shape index (κ1) is 15.9. The Labute approximate surface area is 127 Å². The Bertz CT molecular complexity index is 550. The maximum atomic E-state index is 5.98. The summed E-state index contributed by atoms with van der Waals surface area (Å²) in [5, 5.41) is 6.12. The zero-order chi connectivity index (χ0) is 15.1. The van der Waals surface area contributed by atoms with Crippen molar-refractivity contribution in [2.75, 3.05) is 13.2 Å². The first-order chi connectivity index (χ1) is 10.3. The van der Waals surface area contributed by atoms with E-state index >= 15 is 0 Å². The smallest absolute Gasteiger partial charge is 0.0767 e. The van der Waals surface area contributed by atoms with Gasteiger partial charge >= 0.3 is 0 Å². The second-order valence-corrected chi connectivity index (χ2v) is 5.28. The molecule has 0 amide bonds. The summed E-state index contributed by atoms with van der Waals surface area (Å²) in [6, 6.07) is 8.76. The van der Waals surface area contributed by atoms with Crippen LogP contribution in [0.15, 0.2) is 36.7 Å². The van der Waals surface area contributed by atoms with Crippen LogP contribution >= 0.6 is 0 Å². The van der Waals surface area contributed by atoms with E-state index in [-0.39, 0.29) is 12.1 Å². The third kappa shape index (κ3) is 3.80. The lowest BCUT2D eigenvalue weighted by Crippen LogP contribution is -2.34. The van der Waals surface area contributed by atoms with Crippen LogP contribution in [0.4, 0.5) is 0 Å². The van der Waals surface area contributed by atoms with Crippen LogP contribution in [0.2, 0.25) is 0 Å². The van der Waals surface area contributed by atoms with Crippen LogP contribution < -0.4 is 5.32 Å². The lowest BCUT2D eigenvalue weighted by atomic mass is 9.94. The molecule has 0 aliphatic carbocycles. The fourth-order valence-electron chi connectivity index (χ4n) is 2.82. The number of fused-ring (bicyclic) bond motifs is 1. The molecule has 0 spiro atoms. The van der Waals surface area contributed by atoms with Gasteiger partial charge in [-0.3, -0.25) is 4.98 Å². The molecule has 2 atom stereocenters. The molecule has 2 aromatic rings. The number of benzene rings is 1. The quantitative estimate of drug-likeness (QED) is 0.793. The molecule has 2 unspecified atom stereocenters. The van der Waals surface area contributed by atoms with Crippen molar-refractivity contribution in [1.82, 2.24) is 10.3 Å². The number of ether oxygens (including phenoxy) is 1. The van der Waals surface area contributed by atoms with Gasteiger partial charge in [-0.25, -0.2) is 0 Å². The number of hydrogen-bond acceptors (Lipinski definition) is 3. The van der Waals surface area contributed by atoms with E-state index < -0.39 is 0 Å². The Hall–Kier alpha value is -1.45. The van der Waals surface area contributed by atoms with Gasteiger partial charge in [-0.15, -0.1) is 0 Å². The van der Waals surface area contributed by atoms with Crippen LogP contribution in [0.3, 0.4) is 0 Å². The Morgan fingerprint density at radius 1 is 1.19 bits per heavy atom. The lowest BCUT2D eigenvalue weighted by Gasteiger charge is -2.28. The van der Waals surface area contributed by atoms with Crippen LogP contribution in [0, 0.1) is 0 Å². The van der Waals surface area contributed by atoms with Crippen molar-refractivity contribution in [1.29, 1.82) is 0 Å². The number of rotatable bonds is 8. The summed E-state index contributed by atoms with van der Waals surface area (Å²) in [6.45, 7) is 8.18. The molecule has 0 aliphatic rings. The average Bonchev–Trinajstić information content (AvgIpc) is 2.54. The normalized spacial score (nSPS) is 14.2. The second kappa shape index (κ2) is 8.11. The van der Waals surface area contributed by atoms with E-state index in [0.29, 0.717) is 0 Å². The zero-order valence-electron chi connectivity index (χ0n) is 13.3. The van der Waals surface area contributed by atoms with Gasteiger partial charge in [0.15, 0.2) is 0 Å². The first-order valence-corrected chi connectivity index (χ1v) is 7.99. The minimum Gasteiger partial charge on any atom is -0.377 e. The van der Waals surface area contributed by atoms with Crippen LogP contribution in [0.1, 0.15) is 45.2 Å². The summed E-state index contributed by atoms with van der Waals surface area (Å²) in [4.78, 5) is 4.23. The summed E-state index contributed by atoms with van der Waals surface area (Å²) in [5.74, 6) is 0. The monoisotopic (exact) mass is 286 g/mol. The van der Waals surface area contributed by atoms with E-state index in [1.165, 1.54) is 16.3 Å². The zero-order valence-corrected chi connectivity index (χ0v) is 13.3. The molecule has 3 nitrogen and oxygen atoms in total. The van der Waals surface area contributed by atoms with Crippen molar-refractivity contribution < 1.29 is 4.74 Å². The van der Waals surface area contributed by atoms with E-state index in [1.54, 1.807) is 0 Å². The third-order valence-corrected chi connectivity index (χ3v) is 3.82. The van der Waals surface area contributed by atoms with Crippen molar-refractivity contribution >= 4 is 10.8 Å². The molecule has 1 N–H and O–H groups in total. The molecular formula is C18H26N2O. The topological polar surface area (TPSA) is 34.2 Å². The van der Waals surface area contributed by atoms with Gasteiger partial charge in [0.05, 0.1) is 12.1 Å². The minimum atomic E-state index is 0.195. The van der Waals surface area contributed by atoms with Gasteiger partial charge in [0.1, 0.15) is 0 Å². The highest BCUT2D eigenvalue weighted by molar-refractivity contribution is 5.85. The van der Waals surface area contributed by atoms with Crippen LogP contribution in [-0.4, -0.2) is 24.2 Å². The second-order valence-electron chi connectivity index (χ2n) is 5.28. The van der Waals surface area contributed by atoms with Crippen LogP contribution in [-0.2, 0) is 4.74 Å². The van der Waals surface area contributed by atoms with Gasteiger partial charge in [-0.1, -0.05) is 32.0 Å². The van der Waals surface area contributed by atoms with Gasteiger partial charge in [0, 0.05) is 24.4 Å². The number of hydrogen-bond donors (Lipinski definition) is 1. The Balaban J connectivity index is 2.42. The number of nitrogens with zero attached hydrogens (tertiary/aromatic N) is 1. The highest BCUT2D eigenvalue weighted by Gasteiger charge is 2.23. The summed E-state index contributed by atoms with van der Waals surface area (Å²) in [6.07, 6.45) is 6.10. The Morgan fingerprint density at radius 2 is 2.05 bits per heavy atom. The number of nitrogens with one attached hydrogen (secondary N) is 1. The summed E-state index contributed by atoms with van der Waals surface area (Å²) in [5.41, 5.74) is 1.31. The van der Waals surface area contributed by atoms with Crippen molar-refractivity contribution in [3.63, 3.8) is 0 Å². The fourth-order valence-corrected chi connectivity index (χ4v) is 2.82. The Kier molecular flexibility index (Phi) is 6.15. The van der Waals surface area contributed by atoms with E-state index in [4.69, 9.17) is 4.74 Å². The maximum Gasteiger partial charge on any atom is 0.0767 e. The van der Waals surface area contributed by atoms with E-state index in [0.717, 1.165) is 26.0 Å². The summed E-state index contributed by atoms with van der Waals surface area (Å²) < 4.78 is 5.98. The van der Waals surface area contributed by atoms with E-state index in [1.807, 2.05) is 12.4 Å². The first-order valence-electron chi connectivity index (χ1n) is 7.99.